The second-order valence-corrected chi connectivity index (χ2v) is 5.21. The molecule has 0 atom stereocenters. The summed E-state index contributed by atoms with van der Waals surface area (Å²) in [6.45, 7) is 9.30. The van der Waals surface area contributed by atoms with Crippen molar-refractivity contribution in [3.63, 3.8) is 0 Å². The summed E-state index contributed by atoms with van der Waals surface area (Å²) in [6, 6.07) is 7.29. The highest BCUT2D eigenvalue weighted by Crippen LogP contribution is 2.17. The Kier molecular flexibility index (Phi) is 4.79. The number of anilines is 1. The number of carbonyl (C=O) groups is 1. The molecule has 1 aromatic carbocycles. The first kappa shape index (κ1) is 14.6. The summed E-state index contributed by atoms with van der Waals surface area (Å²) in [6.07, 6.45) is -0.466. The molecule has 0 heterocycles. The van der Waals surface area contributed by atoms with Gasteiger partial charge in [0, 0.05) is 11.6 Å². The van der Waals surface area contributed by atoms with Crippen LogP contribution in [0.1, 0.15) is 26.3 Å². The molecule has 0 saturated carbocycles. The number of ether oxygens (including phenoxy) is 1. The van der Waals surface area contributed by atoms with E-state index in [4.69, 9.17) is 16.3 Å². The molecule has 18 heavy (non-hydrogen) atoms. The summed E-state index contributed by atoms with van der Waals surface area (Å²) in [5, 5.41) is 2.66. The molecule has 0 unspecified atom stereocenters. The molecule has 0 aliphatic carbocycles. The predicted molar refractivity (Wildman–Crippen MR) is 76.1 cm³/mol. The van der Waals surface area contributed by atoms with Crippen LogP contribution < -0.4 is 5.32 Å². The minimum absolute atomic E-state index is 0.388. The summed E-state index contributed by atoms with van der Waals surface area (Å²) in [5.74, 6) is 0.388. The fourth-order valence-electron chi connectivity index (χ4n) is 1.29. The first-order chi connectivity index (χ1) is 8.31. The normalized spacial score (nSPS) is 10.9. The Labute approximate surface area is 113 Å². The Bertz CT molecular complexity index is 432. The van der Waals surface area contributed by atoms with E-state index in [0.717, 1.165) is 11.1 Å². The lowest BCUT2D eigenvalue weighted by Crippen LogP contribution is -2.27. The van der Waals surface area contributed by atoms with Gasteiger partial charge >= 0.3 is 6.09 Å². The van der Waals surface area contributed by atoms with Gasteiger partial charge in [-0.3, -0.25) is 5.32 Å². The van der Waals surface area contributed by atoms with Gasteiger partial charge in [0.1, 0.15) is 5.60 Å². The predicted octanol–water partition coefficient (Wildman–Crippen LogP) is 4.29. The third-order valence-corrected chi connectivity index (χ3v) is 2.42. The maximum atomic E-state index is 11.5. The molecule has 1 N–H and O–H groups in total. The van der Waals surface area contributed by atoms with Crippen molar-refractivity contribution >= 4 is 29.0 Å². The third-order valence-electron chi connectivity index (χ3n) is 2.10. The van der Waals surface area contributed by atoms with Gasteiger partial charge in [-0.1, -0.05) is 18.7 Å². The average molecular weight is 268 g/mol. The Morgan fingerprint density at radius 1 is 1.33 bits per heavy atom. The molecule has 0 aliphatic rings. The van der Waals surface area contributed by atoms with E-state index in [1.165, 1.54) is 0 Å². The molecule has 98 valence electrons. The smallest absolute Gasteiger partial charge is 0.412 e. The second kappa shape index (κ2) is 5.91. The molecule has 4 heteroatoms. The van der Waals surface area contributed by atoms with Crippen LogP contribution in [0.4, 0.5) is 10.5 Å². The number of nitrogens with one attached hydrogen (secondary N) is 1. The fourth-order valence-corrected chi connectivity index (χ4v) is 1.44. The number of allylic oxidation sites excluding steroid dienone is 1. The van der Waals surface area contributed by atoms with E-state index >= 15 is 0 Å². The highest BCUT2D eigenvalue weighted by atomic mass is 35.5. The van der Waals surface area contributed by atoms with Crippen LogP contribution in [0.15, 0.2) is 30.8 Å². The molecule has 0 spiro atoms. The van der Waals surface area contributed by atoms with E-state index in [0.29, 0.717) is 11.6 Å². The van der Waals surface area contributed by atoms with E-state index < -0.39 is 11.7 Å². The minimum atomic E-state index is -0.503. The average Bonchev–Trinajstić information content (AvgIpc) is 2.26. The van der Waals surface area contributed by atoms with Crippen molar-refractivity contribution < 1.29 is 9.53 Å². The highest BCUT2D eigenvalue weighted by Gasteiger charge is 2.16. The lowest BCUT2D eigenvalue weighted by atomic mass is 10.1. The second-order valence-electron chi connectivity index (χ2n) is 4.94. The van der Waals surface area contributed by atoms with Gasteiger partial charge in [0.25, 0.3) is 0 Å². The lowest BCUT2D eigenvalue weighted by molar-refractivity contribution is 0.0636. The highest BCUT2D eigenvalue weighted by molar-refractivity contribution is 6.23. The van der Waals surface area contributed by atoms with Crippen LogP contribution in [0.2, 0.25) is 0 Å². The molecule has 1 amide bonds. The Hall–Kier alpha value is -1.48. The lowest BCUT2D eigenvalue weighted by Gasteiger charge is -2.19. The number of hydrogen-bond acceptors (Lipinski definition) is 2. The molecule has 0 aliphatic heterocycles. The van der Waals surface area contributed by atoms with Gasteiger partial charge in [0.05, 0.1) is 0 Å². The van der Waals surface area contributed by atoms with Gasteiger partial charge in [-0.2, -0.15) is 0 Å². The van der Waals surface area contributed by atoms with Gasteiger partial charge < -0.3 is 4.74 Å². The third kappa shape index (κ3) is 4.80. The van der Waals surface area contributed by atoms with E-state index in [1.807, 2.05) is 32.9 Å². The standard InChI is InChI=1S/C14H18ClNO2/c1-10(9-15)11-5-7-12(8-6-11)16-13(17)18-14(2,3)4/h5-8H,1,9H2,2-4H3,(H,16,17). The van der Waals surface area contributed by atoms with Crippen LogP contribution >= 0.6 is 11.6 Å². The SMILES string of the molecule is C=C(CCl)c1ccc(NC(=O)OC(C)(C)C)cc1. The largest absolute Gasteiger partial charge is 0.444 e. The Morgan fingerprint density at radius 3 is 2.33 bits per heavy atom. The Balaban J connectivity index is 2.64. The summed E-state index contributed by atoms with van der Waals surface area (Å²) in [7, 11) is 0. The molecule has 1 rings (SSSR count). The van der Waals surface area contributed by atoms with Crippen LogP contribution in [0.3, 0.4) is 0 Å². The van der Waals surface area contributed by atoms with Crippen molar-refractivity contribution in [3.8, 4) is 0 Å². The van der Waals surface area contributed by atoms with Crippen LogP contribution in [0.25, 0.3) is 5.57 Å². The van der Waals surface area contributed by atoms with Gasteiger partial charge in [-0.15, -0.1) is 11.6 Å². The zero-order chi connectivity index (χ0) is 13.8. The van der Waals surface area contributed by atoms with Crippen molar-refractivity contribution in [3.05, 3.63) is 36.4 Å². The number of amides is 1. The van der Waals surface area contributed by atoms with Gasteiger partial charge in [-0.25, -0.2) is 4.79 Å². The number of alkyl halides is 1. The van der Waals surface area contributed by atoms with E-state index in [2.05, 4.69) is 11.9 Å². The van der Waals surface area contributed by atoms with Crippen molar-refractivity contribution in [2.75, 3.05) is 11.2 Å². The van der Waals surface area contributed by atoms with Crippen LogP contribution in [-0.2, 0) is 4.74 Å². The van der Waals surface area contributed by atoms with Crippen LogP contribution in [-0.4, -0.2) is 17.6 Å². The molecule has 0 saturated heterocycles. The van der Waals surface area contributed by atoms with Crippen molar-refractivity contribution in [2.24, 2.45) is 0 Å². The first-order valence-electron chi connectivity index (χ1n) is 5.66. The number of rotatable bonds is 3. The monoisotopic (exact) mass is 267 g/mol. The number of carbonyl (C=O) groups excluding carboxylic acids is 1. The summed E-state index contributed by atoms with van der Waals surface area (Å²) >= 11 is 5.69. The quantitative estimate of drug-likeness (QED) is 0.830. The molecule has 0 radical (unpaired) electrons. The van der Waals surface area contributed by atoms with E-state index in [1.54, 1.807) is 12.1 Å². The first-order valence-corrected chi connectivity index (χ1v) is 6.19. The molecule has 0 bridgehead atoms. The zero-order valence-electron chi connectivity index (χ0n) is 10.9. The minimum Gasteiger partial charge on any atom is -0.444 e. The number of benzene rings is 1. The maximum absolute atomic E-state index is 11.5. The molecule has 3 nitrogen and oxygen atoms in total. The van der Waals surface area contributed by atoms with Crippen molar-refractivity contribution in [1.82, 2.24) is 0 Å². The fraction of sp³-hybridized carbons (Fsp3) is 0.357. The molecule has 0 aromatic heterocycles. The maximum Gasteiger partial charge on any atom is 0.412 e. The summed E-state index contributed by atoms with van der Waals surface area (Å²) in [4.78, 5) is 11.5. The molecular weight excluding hydrogens is 250 g/mol. The number of halogens is 1. The van der Waals surface area contributed by atoms with Crippen LogP contribution in [0, 0.1) is 0 Å². The Morgan fingerprint density at radius 2 is 1.89 bits per heavy atom. The zero-order valence-corrected chi connectivity index (χ0v) is 11.7. The van der Waals surface area contributed by atoms with Crippen LogP contribution in [0.5, 0.6) is 0 Å². The van der Waals surface area contributed by atoms with Gasteiger partial charge in [0.2, 0.25) is 0 Å². The van der Waals surface area contributed by atoms with E-state index in [9.17, 15) is 4.79 Å². The summed E-state index contributed by atoms with van der Waals surface area (Å²) < 4.78 is 5.15. The van der Waals surface area contributed by atoms with Crippen molar-refractivity contribution in [2.45, 2.75) is 26.4 Å². The number of hydrogen-bond donors (Lipinski definition) is 1. The van der Waals surface area contributed by atoms with Gasteiger partial charge in [-0.05, 0) is 44.0 Å². The van der Waals surface area contributed by atoms with E-state index in [-0.39, 0.29) is 0 Å². The topological polar surface area (TPSA) is 38.3 Å². The molecular formula is C14H18ClNO2. The molecule has 0 fully saturated rings. The van der Waals surface area contributed by atoms with Gasteiger partial charge in [0.15, 0.2) is 0 Å². The van der Waals surface area contributed by atoms with Crippen molar-refractivity contribution in [1.29, 1.82) is 0 Å². The summed E-state index contributed by atoms with van der Waals surface area (Å²) in [5.41, 5.74) is 1.98. The molecule has 1 aromatic rings.